The van der Waals surface area contributed by atoms with Crippen LogP contribution >= 0.6 is 0 Å². The summed E-state index contributed by atoms with van der Waals surface area (Å²) < 4.78 is 0. The van der Waals surface area contributed by atoms with E-state index in [4.69, 9.17) is 5.73 Å². The Labute approximate surface area is 139 Å². The van der Waals surface area contributed by atoms with E-state index in [1.165, 1.54) is 0 Å². The highest BCUT2D eigenvalue weighted by Gasteiger charge is 2.19. The number of guanidine groups is 1. The molecule has 5 nitrogen and oxygen atoms in total. The van der Waals surface area contributed by atoms with Gasteiger partial charge in [-0.05, 0) is 29.9 Å². The summed E-state index contributed by atoms with van der Waals surface area (Å²) in [5.41, 5.74) is 8.14. The van der Waals surface area contributed by atoms with Gasteiger partial charge in [-0.3, -0.25) is 4.79 Å². The van der Waals surface area contributed by atoms with Crippen LogP contribution in [0.1, 0.15) is 44.2 Å². The van der Waals surface area contributed by atoms with Gasteiger partial charge in [-0.15, -0.1) is 0 Å². The van der Waals surface area contributed by atoms with Gasteiger partial charge >= 0.3 is 0 Å². The van der Waals surface area contributed by atoms with E-state index in [1.54, 1.807) is 0 Å². The average molecular weight is 316 g/mol. The molecule has 1 aliphatic rings. The fourth-order valence-corrected chi connectivity index (χ4v) is 2.56. The second-order valence-electron chi connectivity index (χ2n) is 6.55. The Kier molecular flexibility index (Phi) is 6.44. The summed E-state index contributed by atoms with van der Waals surface area (Å²) in [6.45, 7) is 7.39. The van der Waals surface area contributed by atoms with Crippen molar-refractivity contribution < 1.29 is 4.79 Å². The molecule has 23 heavy (non-hydrogen) atoms. The summed E-state index contributed by atoms with van der Waals surface area (Å²) in [5.74, 6) is 1.42. The zero-order valence-electron chi connectivity index (χ0n) is 14.2. The van der Waals surface area contributed by atoms with Crippen molar-refractivity contribution in [3.63, 3.8) is 0 Å². The van der Waals surface area contributed by atoms with Crippen molar-refractivity contribution in [3.05, 3.63) is 35.4 Å². The third kappa shape index (κ3) is 5.93. The quantitative estimate of drug-likeness (QED) is 0.599. The van der Waals surface area contributed by atoms with Crippen LogP contribution in [0.4, 0.5) is 0 Å². The van der Waals surface area contributed by atoms with E-state index >= 15 is 0 Å². The Morgan fingerprint density at radius 1 is 1.30 bits per heavy atom. The highest BCUT2D eigenvalue weighted by molar-refractivity contribution is 5.78. The summed E-state index contributed by atoms with van der Waals surface area (Å²) in [6.07, 6.45) is 2.75. The van der Waals surface area contributed by atoms with Gasteiger partial charge in [-0.1, -0.05) is 38.1 Å². The van der Waals surface area contributed by atoms with E-state index in [0.29, 0.717) is 31.4 Å². The minimum atomic E-state index is 0.263. The number of hydrogen-bond acceptors (Lipinski definition) is 2. The lowest BCUT2D eigenvalue weighted by Gasteiger charge is -2.15. The van der Waals surface area contributed by atoms with Crippen molar-refractivity contribution in [2.75, 3.05) is 13.1 Å². The maximum absolute atomic E-state index is 11.6. The van der Waals surface area contributed by atoms with Gasteiger partial charge in [0.15, 0.2) is 5.96 Å². The number of likely N-dealkylation sites (tertiary alicyclic amines) is 1. The Bertz CT molecular complexity index is 536. The zero-order chi connectivity index (χ0) is 16.7. The maximum Gasteiger partial charge on any atom is 0.222 e. The number of nitrogens with two attached hydrogens (primary N) is 1. The third-order valence-electron chi connectivity index (χ3n) is 4.03. The summed E-state index contributed by atoms with van der Waals surface area (Å²) in [5, 5.41) is 3.13. The fraction of sp³-hybridized carbons (Fsp3) is 0.556. The van der Waals surface area contributed by atoms with Crippen LogP contribution in [0.15, 0.2) is 29.3 Å². The van der Waals surface area contributed by atoms with E-state index < -0.39 is 0 Å². The van der Waals surface area contributed by atoms with Crippen molar-refractivity contribution in [3.8, 4) is 0 Å². The first-order valence-corrected chi connectivity index (χ1v) is 8.44. The highest BCUT2D eigenvalue weighted by atomic mass is 16.2. The van der Waals surface area contributed by atoms with Crippen LogP contribution in [0.25, 0.3) is 0 Å². The molecule has 1 aromatic rings. The molecule has 3 N–H and O–H groups in total. The molecule has 0 spiro atoms. The fourth-order valence-electron chi connectivity index (χ4n) is 2.56. The lowest BCUT2D eigenvalue weighted by atomic mass is 10.1. The maximum atomic E-state index is 11.6. The van der Waals surface area contributed by atoms with E-state index in [9.17, 15) is 4.79 Å². The monoisotopic (exact) mass is 316 g/mol. The zero-order valence-corrected chi connectivity index (χ0v) is 14.2. The standard InChI is InChI=1S/C18H28N4O/c1-14(2)9-10-20-18(19)21-12-15-5-7-16(8-6-15)13-22-11-3-4-17(22)23/h5-8,14H,3-4,9-13H2,1-2H3,(H3,19,20,21). The van der Waals surface area contributed by atoms with Gasteiger partial charge in [0.25, 0.3) is 0 Å². The molecule has 0 aliphatic carbocycles. The number of rotatable bonds is 7. The number of nitrogens with one attached hydrogen (secondary N) is 1. The average Bonchev–Trinajstić information content (AvgIpc) is 2.91. The van der Waals surface area contributed by atoms with Crippen LogP contribution in [0.2, 0.25) is 0 Å². The highest BCUT2D eigenvalue weighted by Crippen LogP contribution is 2.15. The summed E-state index contributed by atoms with van der Waals surface area (Å²) in [4.78, 5) is 17.9. The van der Waals surface area contributed by atoms with Gasteiger partial charge in [-0.25, -0.2) is 4.99 Å². The number of carbonyl (C=O) groups excluding carboxylic acids is 1. The molecule has 0 bridgehead atoms. The smallest absolute Gasteiger partial charge is 0.222 e. The molecule has 0 aromatic heterocycles. The molecule has 2 rings (SSSR count). The molecule has 1 fully saturated rings. The Morgan fingerprint density at radius 3 is 2.61 bits per heavy atom. The minimum absolute atomic E-state index is 0.263. The van der Waals surface area contributed by atoms with Crippen LogP contribution in [0.3, 0.4) is 0 Å². The molecule has 1 heterocycles. The van der Waals surface area contributed by atoms with Gasteiger partial charge < -0.3 is 16.0 Å². The summed E-state index contributed by atoms with van der Waals surface area (Å²) >= 11 is 0. The molecule has 0 saturated carbocycles. The first-order valence-electron chi connectivity index (χ1n) is 8.44. The minimum Gasteiger partial charge on any atom is -0.370 e. The van der Waals surface area contributed by atoms with Crippen molar-refractivity contribution in [2.24, 2.45) is 16.6 Å². The second-order valence-corrected chi connectivity index (χ2v) is 6.55. The number of carbonyl (C=O) groups is 1. The second kappa shape index (κ2) is 8.56. The summed E-state index contributed by atoms with van der Waals surface area (Å²) in [7, 11) is 0. The molecule has 1 saturated heterocycles. The number of aliphatic imine (C=N–C) groups is 1. The predicted octanol–water partition coefficient (Wildman–Crippen LogP) is 2.26. The molecule has 126 valence electrons. The molecular formula is C18H28N4O. The van der Waals surface area contributed by atoms with Gasteiger partial charge in [0, 0.05) is 26.1 Å². The van der Waals surface area contributed by atoms with Gasteiger partial charge in [0.05, 0.1) is 6.54 Å². The van der Waals surface area contributed by atoms with Crippen LogP contribution in [-0.4, -0.2) is 29.9 Å². The lowest BCUT2D eigenvalue weighted by molar-refractivity contribution is -0.128. The topological polar surface area (TPSA) is 70.7 Å². The van der Waals surface area contributed by atoms with Gasteiger partial charge in [0.2, 0.25) is 5.91 Å². The SMILES string of the molecule is CC(C)CCNC(N)=NCc1ccc(CN2CCCC2=O)cc1. The Balaban J connectivity index is 1.79. The Hall–Kier alpha value is -2.04. The molecular weight excluding hydrogens is 288 g/mol. The molecule has 1 amide bonds. The molecule has 0 radical (unpaired) electrons. The van der Waals surface area contributed by atoms with Crippen molar-refractivity contribution >= 4 is 11.9 Å². The molecule has 1 aromatic carbocycles. The van der Waals surface area contributed by atoms with Gasteiger partial charge in [0.1, 0.15) is 0 Å². The van der Waals surface area contributed by atoms with Crippen LogP contribution in [0, 0.1) is 5.92 Å². The number of hydrogen-bond donors (Lipinski definition) is 2. The van der Waals surface area contributed by atoms with Crippen molar-refractivity contribution in [1.29, 1.82) is 0 Å². The van der Waals surface area contributed by atoms with E-state index in [2.05, 4.69) is 48.4 Å². The normalized spacial score (nSPS) is 15.5. The first kappa shape index (κ1) is 17.3. The summed E-state index contributed by atoms with van der Waals surface area (Å²) in [6, 6.07) is 8.25. The van der Waals surface area contributed by atoms with E-state index in [0.717, 1.165) is 37.1 Å². The van der Waals surface area contributed by atoms with Crippen LogP contribution < -0.4 is 11.1 Å². The first-order chi connectivity index (χ1) is 11.0. The van der Waals surface area contributed by atoms with E-state index in [1.807, 2.05) is 4.90 Å². The molecule has 5 heteroatoms. The number of amides is 1. The van der Waals surface area contributed by atoms with Crippen molar-refractivity contribution in [1.82, 2.24) is 10.2 Å². The third-order valence-corrected chi connectivity index (χ3v) is 4.03. The Morgan fingerprint density at radius 2 is 2.00 bits per heavy atom. The number of nitrogens with zero attached hydrogens (tertiary/aromatic N) is 2. The van der Waals surface area contributed by atoms with Crippen molar-refractivity contribution in [2.45, 2.75) is 46.2 Å². The lowest BCUT2D eigenvalue weighted by Crippen LogP contribution is -2.32. The molecule has 1 aliphatic heterocycles. The predicted molar refractivity (Wildman–Crippen MR) is 93.9 cm³/mol. The van der Waals surface area contributed by atoms with Gasteiger partial charge in [-0.2, -0.15) is 0 Å². The molecule has 0 unspecified atom stereocenters. The van der Waals surface area contributed by atoms with E-state index in [-0.39, 0.29) is 5.91 Å². The van der Waals surface area contributed by atoms with Crippen LogP contribution in [0.5, 0.6) is 0 Å². The molecule has 0 atom stereocenters. The number of benzene rings is 1. The van der Waals surface area contributed by atoms with Crippen LogP contribution in [-0.2, 0) is 17.9 Å². The largest absolute Gasteiger partial charge is 0.370 e.